The van der Waals surface area contributed by atoms with Gasteiger partial charge in [-0.15, -0.1) is 0 Å². The average molecular weight is 216 g/mol. The SMILES string of the molecule is CCOCOC(C)(C(=O)O)C(F)(F)F. The maximum Gasteiger partial charge on any atom is 0.428 e. The second-order valence-electron chi connectivity index (χ2n) is 2.59. The van der Waals surface area contributed by atoms with Crippen molar-refractivity contribution in [3.63, 3.8) is 0 Å². The number of rotatable bonds is 5. The van der Waals surface area contributed by atoms with E-state index in [1.165, 1.54) is 0 Å². The van der Waals surface area contributed by atoms with Crippen LogP contribution in [0.15, 0.2) is 0 Å². The van der Waals surface area contributed by atoms with Gasteiger partial charge in [0, 0.05) is 6.61 Å². The summed E-state index contributed by atoms with van der Waals surface area (Å²) in [5.74, 6) is -2.09. The van der Waals surface area contributed by atoms with Crippen LogP contribution in [-0.2, 0) is 14.3 Å². The van der Waals surface area contributed by atoms with Gasteiger partial charge in [0.05, 0.1) is 0 Å². The molecule has 0 aromatic heterocycles. The van der Waals surface area contributed by atoms with Crippen molar-refractivity contribution in [2.24, 2.45) is 0 Å². The molecule has 0 aliphatic rings. The molecule has 0 fully saturated rings. The summed E-state index contributed by atoms with van der Waals surface area (Å²) in [6.45, 7) is 1.43. The van der Waals surface area contributed by atoms with E-state index < -0.39 is 24.5 Å². The molecule has 14 heavy (non-hydrogen) atoms. The third-order valence-corrected chi connectivity index (χ3v) is 1.58. The summed E-state index contributed by atoms with van der Waals surface area (Å²) in [5.41, 5.74) is -3.22. The number of carboxylic acid groups (broad SMARTS) is 1. The fourth-order valence-corrected chi connectivity index (χ4v) is 0.508. The first-order chi connectivity index (χ1) is 6.25. The van der Waals surface area contributed by atoms with Gasteiger partial charge < -0.3 is 14.6 Å². The maximum atomic E-state index is 12.2. The van der Waals surface area contributed by atoms with Crippen LogP contribution in [-0.4, -0.2) is 36.3 Å². The monoisotopic (exact) mass is 216 g/mol. The van der Waals surface area contributed by atoms with Gasteiger partial charge in [-0.3, -0.25) is 0 Å². The number of aliphatic carboxylic acids is 1. The summed E-state index contributed by atoms with van der Waals surface area (Å²) < 4.78 is 45.3. The summed E-state index contributed by atoms with van der Waals surface area (Å²) in [7, 11) is 0. The number of carboxylic acids is 1. The van der Waals surface area contributed by atoms with Crippen LogP contribution in [0.4, 0.5) is 13.2 Å². The van der Waals surface area contributed by atoms with Crippen molar-refractivity contribution in [2.75, 3.05) is 13.4 Å². The highest BCUT2D eigenvalue weighted by molar-refractivity contribution is 5.78. The molecular weight excluding hydrogens is 205 g/mol. The fraction of sp³-hybridized carbons (Fsp3) is 0.857. The lowest BCUT2D eigenvalue weighted by atomic mass is 10.1. The van der Waals surface area contributed by atoms with Crippen molar-refractivity contribution in [2.45, 2.75) is 25.6 Å². The molecule has 0 saturated heterocycles. The molecule has 0 rings (SSSR count). The standard InChI is InChI=1S/C7H11F3O4/c1-3-13-4-14-6(2,5(11)12)7(8,9)10/h3-4H2,1-2H3,(H,11,12). The highest BCUT2D eigenvalue weighted by atomic mass is 19.4. The second-order valence-corrected chi connectivity index (χ2v) is 2.59. The predicted molar refractivity (Wildman–Crippen MR) is 39.7 cm³/mol. The Labute approximate surface area is 78.6 Å². The Bertz CT molecular complexity index is 204. The number of hydrogen-bond donors (Lipinski definition) is 1. The van der Waals surface area contributed by atoms with Gasteiger partial charge >= 0.3 is 12.1 Å². The van der Waals surface area contributed by atoms with E-state index in [0.29, 0.717) is 6.92 Å². The molecule has 0 aromatic rings. The predicted octanol–water partition coefficient (Wildman–Crippen LogP) is 1.40. The van der Waals surface area contributed by atoms with E-state index >= 15 is 0 Å². The minimum absolute atomic E-state index is 0.146. The average Bonchev–Trinajstić information content (AvgIpc) is 2.02. The number of carbonyl (C=O) groups is 1. The molecule has 7 heteroatoms. The Morgan fingerprint density at radius 3 is 2.21 bits per heavy atom. The van der Waals surface area contributed by atoms with Crippen LogP contribution in [0.25, 0.3) is 0 Å². The summed E-state index contributed by atoms with van der Waals surface area (Å²) in [6.07, 6.45) is -4.98. The molecule has 0 aliphatic carbocycles. The number of ether oxygens (including phenoxy) is 2. The van der Waals surface area contributed by atoms with Crippen LogP contribution >= 0.6 is 0 Å². The fourth-order valence-electron chi connectivity index (χ4n) is 0.508. The minimum atomic E-state index is -4.98. The number of halogens is 3. The zero-order valence-electron chi connectivity index (χ0n) is 7.72. The van der Waals surface area contributed by atoms with Crippen molar-refractivity contribution in [1.29, 1.82) is 0 Å². The van der Waals surface area contributed by atoms with Crippen LogP contribution in [0, 0.1) is 0 Å². The number of hydrogen-bond acceptors (Lipinski definition) is 3. The summed E-state index contributed by atoms with van der Waals surface area (Å²) >= 11 is 0. The van der Waals surface area contributed by atoms with Crippen LogP contribution in [0.1, 0.15) is 13.8 Å². The largest absolute Gasteiger partial charge is 0.479 e. The molecule has 0 spiro atoms. The van der Waals surface area contributed by atoms with Gasteiger partial charge in [0.15, 0.2) is 0 Å². The Balaban J connectivity index is 4.50. The van der Waals surface area contributed by atoms with Crippen molar-refractivity contribution >= 4 is 5.97 Å². The van der Waals surface area contributed by atoms with E-state index in [0.717, 1.165) is 0 Å². The molecule has 1 N–H and O–H groups in total. The quantitative estimate of drug-likeness (QED) is 0.557. The van der Waals surface area contributed by atoms with Crippen molar-refractivity contribution in [3.8, 4) is 0 Å². The van der Waals surface area contributed by atoms with Gasteiger partial charge in [-0.1, -0.05) is 0 Å². The van der Waals surface area contributed by atoms with Crippen LogP contribution in [0.5, 0.6) is 0 Å². The first-order valence-electron chi connectivity index (χ1n) is 3.77. The van der Waals surface area contributed by atoms with Crippen molar-refractivity contribution < 1.29 is 32.5 Å². The molecular formula is C7H11F3O4. The van der Waals surface area contributed by atoms with E-state index in [1.807, 2.05) is 0 Å². The maximum absolute atomic E-state index is 12.2. The van der Waals surface area contributed by atoms with Gasteiger partial charge in [-0.05, 0) is 13.8 Å². The zero-order chi connectivity index (χ0) is 11.4. The second kappa shape index (κ2) is 4.61. The van der Waals surface area contributed by atoms with E-state index in [1.54, 1.807) is 6.92 Å². The number of alkyl halides is 3. The summed E-state index contributed by atoms with van der Waals surface area (Å²) in [4.78, 5) is 10.4. The van der Waals surface area contributed by atoms with Gasteiger partial charge in [-0.2, -0.15) is 13.2 Å². The molecule has 84 valence electrons. The normalized spacial score (nSPS) is 16.4. The van der Waals surface area contributed by atoms with Crippen molar-refractivity contribution in [3.05, 3.63) is 0 Å². The molecule has 0 radical (unpaired) electrons. The van der Waals surface area contributed by atoms with Crippen LogP contribution in [0.3, 0.4) is 0 Å². The molecule has 4 nitrogen and oxygen atoms in total. The van der Waals surface area contributed by atoms with E-state index in [2.05, 4.69) is 9.47 Å². The highest BCUT2D eigenvalue weighted by Gasteiger charge is 2.58. The highest BCUT2D eigenvalue weighted by Crippen LogP contribution is 2.33. The summed E-state index contributed by atoms with van der Waals surface area (Å²) in [6, 6.07) is 0. The molecule has 0 saturated carbocycles. The zero-order valence-corrected chi connectivity index (χ0v) is 7.72. The Hall–Kier alpha value is -0.820. The van der Waals surface area contributed by atoms with Gasteiger partial charge in [0.2, 0.25) is 0 Å². The topological polar surface area (TPSA) is 55.8 Å². The van der Waals surface area contributed by atoms with Crippen molar-refractivity contribution in [1.82, 2.24) is 0 Å². The molecule has 0 aliphatic heterocycles. The van der Waals surface area contributed by atoms with E-state index in [4.69, 9.17) is 5.11 Å². The third kappa shape index (κ3) is 2.85. The van der Waals surface area contributed by atoms with Gasteiger partial charge in [0.1, 0.15) is 6.79 Å². The minimum Gasteiger partial charge on any atom is -0.479 e. The third-order valence-electron chi connectivity index (χ3n) is 1.58. The molecule has 0 bridgehead atoms. The first-order valence-corrected chi connectivity index (χ1v) is 3.77. The molecule has 1 unspecified atom stereocenters. The first kappa shape index (κ1) is 13.2. The Kier molecular flexibility index (Phi) is 4.34. The smallest absolute Gasteiger partial charge is 0.428 e. The van der Waals surface area contributed by atoms with Gasteiger partial charge in [0.25, 0.3) is 5.60 Å². The Morgan fingerprint density at radius 1 is 1.43 bits per heavy atom. The lowest BCUT2D eigenvalue weighted by Crippen LogP contribution is -2.52. The van der Waals surface area contributed by atoms with E-state index in [9.17, 15) is 18.0 Å². The Morgan fingerprint density at radius 2 is 1.93 bits per heavy atom. The van der Waals surface area contributed by atoms with Gasteiger partial charge in [-0.25, -0.2) is 4.79 Å². The lowest BCUT2D eigenvalue weighted by Gasteiger charge is -2.27. The van der Waals surface area contributed by atoms with E-state index in [-0.39, 0.29) is 6.61 Å². The molecule has 0 aromatic carbocycles. The summed E-state index contributed by atoms with van der Waals surface area (Å²) in [5, 5.41) is 8.37. The lowest BCUT2D eigenvalue weighted by molar-refractivity contribution is -0.286. The molecule has 0 amide bonds. The molecule has 1 atom stereocenters. The van der Waals surface area contributed by atoms with Crippen LogP contribution in [0.2, 0.25) is 0 Å². The molecule has 0 heterocycles. The van der Waals surface area contributed by atoms with Crippen LogP contribution < -0.4 is 0 Å².